The minimum atomic E-state index is -0.395. The number of carbonyl (C=O) groups excluding carboxylic acids is 1. The molecule has 0 aliphatic carbocycles. The number of nitrogens with zero attached hydrogens (tertiary/aromatic N) is 1. The number of hydrogen-bond donors (Lipinski definition) is 3. The molecular weight excluding hydrogens is 302 g/mol. The van der Waals surface area contributed by atoms with Gasteiger partial charge in [0, 0.05) is 12.2 Å². The summed E-state index contributed by atoms with van der Waals surface area (Å²) < 4.78 is 0. The lowest BCUT2D eigenvalue weighted by Gasteiger charge is -2.10. The molecule has 0 bridgehead atoms. The number of nitriles is 1. The third-order valence-electron chi connectivity index (χ3n) is 3.08. The summed E-state index contributed by atoms with van der Waals surface area (Å²) >= 11 is 5.90. The van der Waals surface area contributed by atoms with Gasteiger partial charge in [0.15, 0.2) is 0 Å². The van der Waals surface area contributed by atoms with Gasteiger partial charge in [0.25, 0.3) is 0 Å². The summed E-state index contributed by atoms with van der Waals surface area (Å²) in [5.74, 6) is 0. The molecule has 0 fully saturated rings. The van der Waals surface area contributed by atoms with Gasteiger partial charge < -0.3 is 15.7 Å². The van der Waals surface area contributed by atoms with Gasteiger partial charge in [-0.1, -0.05) is 35.9 Å². The zero-order valence-electron chi connectivity index (χ0n) is 11.6. The summed E-state index contributed by atoms with van der Waals surface area (Å²) in [6.07, 6.45) is 0. The fraction of sp³-hybridized carbons (Fsp3) is 0.125. The molecule has 2 aromatic rings. The first-order valence-electron chi connectivity index (χ1n) is 6.56. The summed E-state index contributed by atoms with van der Waals surface area (Å²) in [4.78, 5) is 11.9. The van der Waals surface area contributed by atoms with E-state index in [1.54, 1.807) is 18.2 Å². The normalized spacial score (nSPS) is 9.86. The molecule has 0 saturated heterocycles. The molecule has 22 heavy (non-hydrogen) atoms. The Morgan fingerprint density at radius 2 is 1.95 bits per heavy atom. The summed E-state index contributed by atoms with van der Waals surface area (Å²) in [5.41, 5.74) is 2.46. The molecule has 0 spiro atoms. The summed E-state index contributed by atoms with van der Waals surface area (Å²) in [6.45, 7) is 0.220. The molecule has 3 N–H and O–H groups in total. The zero-order chi connectivity index (χ0) is 15.9. The molecule has 0 aliphatic rings. The van der Waals surface area contributed by atoms with Gasteiger partial charge in [-0.3, -0.25) is 0 Å². The quantitative estimate of drug-likeness (QED) is 0.810. The maximum absolute atomic E-state index is 11.9. The summed E-state index contributed by atoms with van der Waals surface area (Å²) in [6, 6.07) is 13.5. The number of nitrogens with one attached hydrogen (secondary N) is 2. The Bertz CT molecular complexity index is 726. The first kappa shape index (κ1) is 15.8. The molecule has 2 amide bonds. The lowest BCUT2D eigenvalue weighted by molar-refractivity contribution is 0.251. The fourth-order valence-corrected chi connectivity index (χ4v) is 2.14. The molecule has 0 heterocycles. The van der Waals surface area contributed by atoms with Crippen molar-refractivity contribution in [2.75, 3.05) is 5.32 Å². The van der Waals surface area contributed by atoms with Crippen LogP contribution in [0.4, 0.5) is 10.5 Å². The number of aliphatic hydroxyl groups excluding tert-OH is 1. The fourth-order valence-electron chi connectivity index (χ4n) is 1.92. The highest BCUT2D eigenvalue weighted by Gasteiger charge is 2.06. The highest BCUT2D eigenvalue weighted by Crippen LogP contribution is 2.20. The van der Waals surface area contributed by atoms with E-state index in [1.807, 2.05) is 24.3 Å². The van der Waals surface area contributed by atoms with E-state index in [9.17, 15) is 9.90 Å². The molecule has 0 atom stereocenters. The molecule has 0 saturated carbocycles. The van der Waals surface area contributed by atoms with Gasteiger partial charge in [-0.25, -0.2) is 4.79 Å². The number of halogens is 1. The van der Waals surface area contributed by atoms with Crippen LogP contribution in [0.25, 0.3) is 0 Å². The SMILES string of the molecule is N#Cc1ccc(NC(=O)NCc2ccccc2CO)cc1Cl. The van der Waals surface area contributed by atoms with E-state index >= 15 is 0 Å². The van der Waals surface area contributed by atoms with Crippen LogP contribution in [0.3, 0.4) is 0 Å². The van der Waals surface area contributed by atoms with Gasteiger partial charge in [0.1, 0.15) is 6.07 Å². The largest absolute Gasteiger partial charge is 0.392 e. The van der Waals surface area contributed by atoms with E-state index in [0.717, 1.165) is 11.1 Å². The van der Waals surface area contributed by atoms with E-state index in [0.29, 0.717) is 17.8 Å². The predicted octanol–water partition coefficient (Wildman–Crippen LogP) is 3.03. The van der Waals surface area contributed by atoms with Crippen molar-refractivity contribution in [2.24, 2.45) is 0 Å². The van der Waals surface area contributed by atoms with Crippen molar-refractivity contribution in [2.45, 2.75) is 13.2 Å². The average molecular weight is 316 g/mol. The number of anilines is 1. The van der Waals surface area contributed by atoms with Crippen LogP contribution in [-0.2, 0) is 13.2 Å². The molecule has 112 valence electrons. The first-order chi connectivity index (χ1) is 10.6. The maximum atomic E-state index is 11.9. The number of benzene rings is 2. The highest BCUT2D eigenvalue weighted by atomic mass is 35.5. The standard InChI is InChI=1S/C16H14ClN3O2/c17-15-7-14(6-5-11(15)8-18)20-16(22)19-9-12-3-1-2-4-13(12)10-21/h1-7,21H,9-10H2,(H2,19,20,22). The Morgan fingerprint density at radius 3 is 2.59 bits per heavy atom. The Balaban J connectivity index is 1.96. The van der Waals surface area contributed by atoms with Gasteiger partial charge in [-0.2, -0.15) is 5.26 Å². The topological polar surface area (TPSA) is 85.2 Å². The number of carbonyl (C=O) groups is 1. The van der Waals surface area contributed by atoms with Crippen molar-refractivity contribution < 1.29 is 9.90 Å². The number of urea groups is 1. The van der Waals surface area contributed by atoms with Crippen molar-refractivity contribution in [3.05, 3.63) is 64.2 Å². The molecule has 2 rings (SSSR count). The predicted molar refractivity (Wildman–Crippen MR) is 84.4 cm³/mol. The molecule has 0 radical (unpaired) electrons. The van der Waals surface area contributed by atoms with E-state index < -0.39 is 6.03 Å². The molecule has 0 unspecified atom stereocenters. The number of rotatable bonds is 4. The third kappa shape index (κ3) is 3.98. The molecule has 2 aromatic carbocycles. The van der Waals surface area contributed by atoms with Crippen LogP contribution in [0.5, 0.6) is 0 Å². The molecule has 0 aromatic heterocycles. The van der Waals surface area contributed by atoms with E-state index in [-0.39, 0.29) is 11.6 Å². The zero-order valence-corrected chi connectivity index (χ0v) is 12.4. The molecule has 0 aliphatic heterocycles. The van der Waals surface area contributed by atoms with Crippen LogP contribution in [0.1, 0.15) is 16.7 Å². The van der Waals surface area contributed by atoms with Gasteiger partial charge in [-0.15, -0.1) is 0 Å². The van der Waals surface area contributed by atoms with Gasteiger partial charge in [0.05, 0.1) is 17.2 Å². The molecule has 5 nitrogen and oxygen atoms in total. The Kier molecular flexibility index (Phi) is 5.37. The molecular formula is C16H14ClN3O2. The number of aliphatic hydroxyl groups is 1. The van der Waals surface area contributed by atoms with E-state index in [1.165, 1.54) is 6.07 Å². The third-order valence-corrected chi connectivity index (χ3v) is 3.39. The number of amides is 2. The van der Waals surface area contributed by atoms with Gasteiger partial charge >= 0.3 is 6.03 Å². The van der Waals surface area contributed by atoms with Crippen LogP contribution in [0.15, 0.2) is 42.5 Å². The van der Waals surface area contributed by atoms with Crippen LogP contribution in [0, 0.1) is 11.3 Å². The summed E-state index contributed by atoms with van der Waals surface area (Å²) in [7, 11) is 0. The second-order valence-electron chi connectivity index (χ2n) is 4.54. The van der Waals surface area contributed by atoms with Gasteiger partial charge in [0.2, 0.25) is 0 Å². The maximum Gasteiger partial charge on any atom is 0.319 e. The van der Waals surface area contributed by atoms with Crippen molar-refractivity contribution in [3.63, 3.8) is 0 Å². The Morgan fingerprint density at radius 1 is 1.23 bits per heavy atom. The lowest BCUT2D eigenvalue weighted by atomic mass is 10.1. The first-order valence-corrected chi connectivity index (χ1v) is 6.94. The van der Waals surface area contributed by atoms with Crippen LogP contribution >= 0.6 is 11.6 Å². The van der Waals surface area contributed by atoms with E-state index in [4.69, 9.17) is 16.9 Å². The highest BCUT2D eigenvalue weighted by molar-refractivity contribution is 6.32. The second-order valence-corrected chi connectivity index (χ2v) is 4.95. The second kappa shape index (κ2) is 7.46. The minimum absolute atomic E-state index is 0.0787. The average Bonchev–Trinajstić information content (AvgIpc) is 2.53. The lowest BCUT2D eigenvalue weighted by Crippen LogP contribution is -2.28. The number of hydrogen-bond acceptors (Lipinski definition) is 3. The van der Waals surface area contributed by atoms with Crippen molar-refractivity contribution in [1.82, 2.24) is 5.32 Å². The monoisotopic (exact) mass is 315 g/mol. The van der Waals surface area contributed by atoms with Crippen molar-refractivity contribution in [1.29, 1.82) is 5.26 Å². The van der Waals surface area contributed by atoms with Crippen molar-refractivity contribution >= 4 is 23.3 Å². The van der Waals surface area contributed by atoms with Crippen LogP contribution in [-0.4, -0.2) is 11.1 Å². The Labute approximate surface area is 133 Å². The summed E-state index contributed by atoms with van der Waals surface area (Å²) in [5, 5.41) is 23.6. The van der Waals surface area contributed by atoms with Gasteiger partial charge in [-0.05, 0) is 29.3 Å². The Hall–Kier alpha value is -2.55. The van der Waals surface area contributed by atoms with E-state index in [2.05, 4.69) is 10.6 Å². The van der Waals surface area contributed by atoms with Crippen molar-refractivity contribution in [3.8, 4) is 6.07 Å². The van der Waals surface area contributed by atoms with Crippen LogP contribution in [0.2, 0.25) is 5.02 Å². The van der Waals surface area contributed by atoms with Crippen LogP contribution < -0.4 is 10.6 Å². The smallest absolute Gasteiger partial charge is 0.319 e. The minimum Gasteiger partial charge on any atom is -0.392 e. The molecule has 6 heteroatoms.